The number of ketones is 1. The molecule has 0 spiro atoms. The van der Waals surface area contributed by atoms with E-state index in [0.29, 0.717) is 6.92 Å². The maximum atomic E-state index is 11.7. The lowest BCUT2D eigenvalue weighted by Gasteiger charge is -2.19. The van der Waals surface area contributed by atoms with Gasteiger partial charge in [-0.1, -0.05) is 0 Å². The number of amides is 1. The van der Waals surface area contributed by atoms with Gasteiger partial charge in [0.15, 0.2) is 5.54 Å². The first-order chi connectivity index (χ1) is 5.10. The molecule has 0 saturated carbocycles. The molecule has 7 heteroatoms. The molecule has 0 aliphatic rings. The molecule has 0 saturated heterocycles. The molecule has 0 aromatic heterocycles. The van der Waals surface area contributed by atoms with Crippen molar-refractivity contribution in [1.29, 1.82) is 0 Å². The number of alkyl halides is 3. The van der Waals surface area contributed by atoms with Crippen LogP contribution < -0.4 is 11.5 Å². The van der Waals surface area contributed by atoms with Crippen LogP contribution >= 0.6 is 0 Å². The zero-order chi connectivity index (χ0) is 10.2. The standard InChI is InChI=1S/C5H7F3N2O2/c1-4(10,3(9)12)2(11)5(6,7)8/h10H2,1H3,(H2,9,12)/t4-/m0/s1. The Morgan fingerprint density at radius 3 is 1.67 bits per heavy atom. The predicted molar refractivity (Wildman–Crippen MR) is 32.8 cm³/mol. The quantitative estimate of drug-likeness (QED) is 0.557. The van der Waals surface area contributed by atoms with E-state index in [4.69, 9.17) is 5.73 Å². The molecular weight excluding hydrogens is 177 g/mol. The summed E-state index contributed by atoms with van der Waals surface area (Å²) < 4.78 is 35.0. The van der Waals surface area contributed by atoms with Crippen molar-refractivity contribution >= 4 is 11.7 Å². The first-order valence-corrected chi connectivity index (χ1v) is 2.80. The van der Waals surface area contributed by atoms with Gasteiger partial charge in [0.1, 0.15) is 0 Å². The van der Waals surface area contributed by atoms with E-state index >= 15 is 0 Å². The van der Waals surface area contributed by atoms with Gasteiger partial charge in [0, 0.05) is 0 Å². The summed E-state index contributed by atoms with van der Waals surface area (Å²) in [6.45, 7) is 0.616. The fourth-order valence-corrected chi connectivity index (χ4v) is 0.406. The summed E-state index contributed by atoms with van der Waals surface area (Å²) in [7, 11) is 0. The maximum absolute atomic E-state index is 11.7. The summed E-state index contributed by atoms with van der Waals surface area (Å²) in [6, 6.07) is 0. The highest BCUT2D eigenvalue weighted by Gasteiger charge is 2.51. The van der Waals surface area contributed by atoms with Crippen molar-refractivity contribution in [3.63, 3.8) is 0 Å². The normalized spacial score (nSPS) is 16.8. The third-order valence-electron chi connectivity index (χ3n) is 1.24. The molecule has 0 aromatic rings. The van der Waals surface area contributed by atoms with Crippen LogP contribution in [0.25, 0.3) is 0 Å². The molecular formula is C5H7F3N2O2. The summed E-state index contributed by atoms with van der Waals surface area (Å²) in [5.74, 6) is -3.85. The van der Waals surface area contributed by atoms with Gasteiger partial charge in [-0.2, -0.15) is 13.2 Å². The van der Waals surface area contributed by atoms with Gasteiger partial charge in [0.2, 0.25) is 5.91 Å². The molecule has 0 heterocycles. The second-order valence-electron chi connectivity index (χ2n) is 2.39. The fraction of sp³-hybridized carbons (Fsp3) is 0.600. The SMILES string of the molecule is C[C@@](N)(C(N)=O)C(=O)C(F)(F)F. The molecule has 0 aliphatic heterocycles. The molecule has 0 fully saturated rings. The highest BCUT2D eigenvalue weighted by atomic mass is 19.4. The minimum Gasteiger partial charge on any atom is -0.368 e. The van der Waals surface area contributed by atoms with Crippen molar-refractivity contribution in [2.45, 2.75) is 18.6 Å². The molecule has 1 amide bonds. The number of hydrogen-bond donors (Lipinski definition) is 2. The van der Waals surface area contributed by atoms with Crippen LogP contribution in [0.15, 0.2) is 0 Å². The highest BCUT2D eigenvalue weighted by Crippen LogP contribution is 2.21. The monoisotopic (exact) mass is 184 g/mol. The summed E-state index contributed by atoms with van der Waals surface area (Å²) in [5, 5.41) is 0. The maximum Gasteiger partial charge on any atom is 0.452 e. The molecule has 4 nitrogen and oxygen atoms in total. The Bertz CT molecular complexity index is 221. The molecule has 1 atom stereocenters. The second-order valence-corrected chi connectivity index (χ2v) is 2.39. The van der Waals surface area contributed by atoms with E-state index in [-0.39, 0.29) is 0 Å². The third kappa shape index (κ3) is 1.94. The third-order valence-corrected chi connectivity index (χ3v) is 1.24. The lowest BCUT2D eigenvalue weighted by molar-refractivity contribution is -0.177. The number of carbonyl (C=O) groups excluding carboxylic acids is 2. The van der Waals surface area contributed by atoms with E-state index in [1.54, 1.807) is 0 Å². The largest absolute Gasteiger partial charge is 0.452 e. The zero-order valence-corrected chi connectivity index (χ0v) is 6.11. The van der Waals surface area contributed by atoms with Gasteiger partial charge in [0.25, 0.3) is 5.78 Å². The van der Waals surface area contributed by atoms with Gasteiger partial charge in [-0.3, -0.25) is 9.59 Å². The molecule has 0 unspecified atom stereocenters. The average molecular weight is 184 g/mol. The Balaban J connectivity index is 4.83. The summed E-state index contributed by atoms with van der Waals surface area (Å²) in [4.78, 5) is 20.7. The van der Waals surface area contributed by atoms with Gasteiger partial charge in [-0.05, 0) is 6.92 Å². The molecule has 0 bridgehead atoms. The lowest BCUT2D eigenvalue weighted by Crippen LogP contribution is -2.59. The number of halogens is 3. The van der Waals surface area contributed by atoms with E-state index in [0.717, 1.165) is 0 Å². The predicted octanol–water partition coefficient (Wildman–Crippen LogP) is -0.680. The van der Waals surface area contributed by atoms with E-state index in [1.165, 1.54) is 0 Å². The van der Waals surface area contributed by atoms with Crippen molar-refractivity contribution in [3.8, 4) is 0 Å². The van der Waals surface area contributed by atoms with Gasteiger partial charge in [-0.25, -0.2) is 0 Å². The van der Waals surface area contributed by atoms with Gasteiger partial charge < -0.3 is 11.5 Å². The first kappa shape index (κ1) is 10.9. The summed E-state index contributed by atoms with van der Waals surface area (Å²) in [5.41, 5.74) is 6.55. The fourth-order valence-electron chi connectivity index (χ4n) is 0.406. The Labute approximate surface area is 65.7 Å². The Morgan fingerprint density at radius 2 is 1.58 bits per heavy atom. The molecule has 0 aliphatic carbocycles. The van der Waals surface area contributed by atoms with E-state index < -0.39 is 23.4 Å². The summed E-state index contributed by atoms with van der Waals surface area (Å²) >= 11 is 0. The van der Waals surface area contributed by atoms with E-state index in [1.807, 2.05) is 0 Å². The number of primary amides is 1. The number of rotatable bonds is 2. The molecule has 0 aromatic carbocycles. The lowest BCUT2D eigenvalue weighted by atomic mass is 9.97. The smallest absolute Gasteiger partial charge is 0.368 e. The topological polar surface area (TPSA) is 86.2 Å². The van der Waals surface area contributed by atoms with Crippen LogP contribution in [-0.2, 0) is 9.59 Å². The van der Waals surface area contributed by atoms with Crippen LogP contribution in [0.5, 0.6) is 0 Å². The van der Waals surface area contributed by atoms with Crippen LogP contribution in [0.4, 0.5) is 13.2 Å². The number of hydrogen-bond acceptors (Lipinski definition) is 3. The van der Waals surface area contributed by atoms with E-state index in [2.05, 4.69) is 5.73 Å². The first-order valence-electron chi connectivity index (χ1n) is 2.80. The van der Waals surface area contributed by atoms with E-state index in [9.17, 15) is 22.8 Å². The van der Waals surface area contributed by atoms with Crippen molar-refractivity contribution in [2.75, 3.05) is 0 Å². The minimum absolute atomic E-state index is 0.616. The second kappa shape index (κ2) is 2.74. The molecule has 4 N–H and O–H groups in total. The van der Waals surface area contributed by atoms with Crippen molar-refractivity contribution in [2.24, 2.45) is 11.5 Å². The van der Waals surface area contributed by atoms with Crippen LogP contribution in [-0.4, -0.2) is 23.4 Å². The average Bonchev–Trinajstić information content (AvgIpc) is 1.83. The van der Waals surface area contributed by atoms with Gasteiger partial charge in [0.05, 0.1) is 0 Å². The highest BCUT2D eigenvalue weighted by molar-refractivity contribution is 6.11. The van der Waals surface area contributed by atoms with Crippen molar-refractivity contribution < 1.29 is 22.8 Å². The van der Waals surface area contributed by atoms with Gasteiger partial charge >= 0.3 is 6.18 Å². The van der Waals surface area contributed by atoms with Crippen LogP contribution in [0.3, 0.4) is 0 Å². The molecule has 0 radical (unpaired) electrons. The molecule has 0 rings (SSSR count). The summed E-state index contributed by atoms with van der Waals surface area (Å²) in [6.07, 6.45) is -5.14. The number of Topliss-reactive ketones (excluding diaryl/α,β-unsaturated/α-hetero) is 1. The number of nitrogens with two attached hydrogens (primary N) is 2. The number of carbonyl (C=O) groups is 2. The Morgan fingerprint density at radius 1 is 1.25 bits per heavy atom. The Kier molecular flexibility index (Phi) is 2.49. The van der Waals surface area contributed by atoms with Crippen molar-refractivity contribution in [3.05, 3.63) is 0 Å². The van der Waals surface area contributed by atoms with Crippen LogP contribution in [0.2, 0.25) is 0 Å². The van der Waals surface area contributed by atoms with Crippen molar-refractivity contribution in [1.82, 2.24) is 0 Å². The molecule has 70 valence electrons. The molecule has 12 heavy (non-hydrogen) atoms. The van der Waals surface area contributed by atoms with Crippen LogP contribution in [0.1, 0.15) is 6.92 Å². The van der Waals surface area contributed by atoms with Gasteiger partial charge in [-0.15, -0.1) is 0 Å². The Hall–Kier alpha value is -1.11. The minimum atomic E-state index is -5.14. The van der Waals surface area contributed by atoms with Crippen LogP contribution in [0, 0.1) is 0 Å². The zero-order valence-electron chi connectivity index (χ0n) is 6.11.